The molecule has 1 aliphatic heterocycles. The zero-order valence-corrected chi connectivity index (χ0v) is 15.0. The highest BCUT2D eigenvalue weighted by molar-refractivity contribution is 6.30. The molecule has 0 amide bonds. The van der Waals surface area contributed by atoms with E-state index in [1.165, 1.54) is 6.07 Å². The number of hydrogen-bond donors (Lipinski definition) is 2. The standard InChI is InChI=1S/C19H21ClN2O4/c20-16-4-2-14(3-5-16)19(24)15-7-9-21(10-8-15)18-11-13(12-23)1-6-17(18)22(25)26/h1-6,11,15,19,23-24H,7-10,12H2. The minimum atomic E-state index is -0.576. The summed E-state index contributed by atoms with van der Waals surface area (Å²) in [6.45, 7) is 1.08. The number of anilines is 1. The number of benzene rings is 2. The SMILES string of the molecule is O=[N+]([O-])c1ccc(CO)cc1N1CCC(C(O)c2ccc(Cl)cc2)CC1. The maximum atomic E-state index is 11.3. The van der Waals surface area contributed by atoms with Gasteiger partial charge in [-0.3, -0.25) is 10.1 Å². The van der Waals surface area contributed by atoms with Gasteiger partial charge in [0.05, 0.1) is 17.6 Å². The number of hydrogen-bond acceptors (Lipinski definition) is 5. The first-order valence-corrected chi connectivity index (χ1v) is 8.94. The first-order chi connectivity index (χ1) is 12.5. The van der Waals surface area contributed by atoms with Crippen molar-refractivity contribution in [2.24, 2.45) is 5.92 Å². The summed E-state index contributed by atoms with van der Waals surface area (Å²) in [5, 5.41) is 31.9. The van der Waals surface area contributed by atoms with Crippen molar-refractivity contribution in [2.75, 3.05) is 18.0 Å². The topological polar surface area (TPSA) is 86.8 Å². The van der Waals surface area contributed by atoms with Crippen molar-refractivity contribution < 1.29 is 15.1 Å². The number of aliphatic hydroxyl groups excluding tert-OH is 2. The number of nitro benzene ring substituents is 1. The summed E-state index contributed by atoms with van der Waals surface area (Å²) in [6, 6.07) is 11.9. The van der Waals surface area contributed by atoms with Crippen LogP contribution in [0.2, 0.25) is 5.02 Å². The van der Waals surface area contributed by atoms with E-state index in [4.69, 9.17) is 11.6 Å². The lowest BCUT2D eigenvalue weighted by Crippen LogP contribution is -2.36. The molecule has 1 aliphatic rings. The Hall–Kier alpha value is -2.15. The lowest BCUT2D eigenvalue weighted by Gasteiger charge is -2.35. The zero-order valence-electron chi connectivity index (χ0n) is 14.2. The molecule has 3 rings (SSSR count). The number of halogens is 1. The van der Waals surface area contributed by atoms with Crippen LogP contribution in [0.3, 0.4) is 0 Å². The summed E-state index contributed by atoms with van der Waals surface area (Å²) < 4.78 is 0. The molecule has 0 radical (unpaired) electrons. The molecule has 0 aliphatic carbocycles. The highest BCUT2D eigenvalue weighted by atomic mass is 35.5. The van der Waals surface area contributed by atoms with Crippen molar-refractivity contribution in [3.05, 3.63) is 68.7 Å². The van der Waals surface area contributed by atoms with Gasteiger partial charge in [-0.1, -0.05) is 23.7 Å². The molecule has 6 nitrogen and oxygen atoms in total. The fourth-order valence-electron chi connectivity index (χ4n) is 3.46. The van der Waals surface area contributed by atoms with Crippen LogP contribution < -0.4 is 4.90 Å². The lowest BCUT2D eigenvalue weighted by atomic mass is 9.87. The van der Waals surface area contributed by atoms with Crippen molar-refractivity contribution >= 4 is 23.0 Å². The van der Waals surface area contributed by atoms with Crippen molar-refractivity contribution in [1.82, 2.24) is 0 Å². The largest absolute Gasteiger partial charge is 0.392 e. The van der Waals surface area contributed by atoms with E-state index < -0.39 is 11.0 Å². The minimum absolute atomic E-state index is 0.0406. The summed E-state index contributed by atoms with van der Waals surface area (Å²) in [5.74, 6) is 0.0903. The molecule has 7 heteroatoms. The number of rotatable bonds is 5. The normalized spacial score (nSPS) is 16.5. The quantitative estimate of drug-likeness (QED) is 0.613. The second-order valence-electron chi connectivity index (χ2n) is 6.56. The molecule has 0 aromatic heterocycles. The fourth-order valence-corrected chi connectivity index (χ4v) is 3.59. The fraction of sp³-hybridized carbons (Fsp3) is 0.368. The molecule has 1 unspecified atom stereocenters. The van der Waals surface area contributed by atoms with Crippen LogP contribution in [-0.2, 0) is 6.61 Å². The molecular weight excluding hydrogens is 356 g/mol. The first kappa shape index (κ1) is 18.6. The van der Waals surface area contributed by atoms with Gasteiger partial charge >= 0.3 is 0 Å². The van der Waals surface area contributed by atoms with Crippen molar-refractivity contribution in [3.63, 3.8) is 0 Å². The molecule has 1 saturated heterocycles. The van der Waals surface area contributed by atoms with Gasteiger partial charge in [-0.15, -0.1) is 0 Å². The lowest BCUT2D eigenvalue weighted by molar-refractivity contribution is -0.384. The molecule has 26 heavy (non-hydrogen) atoms. The van der Waals surface area contributed by atoms with Gasteiger partial charge in [0, 0.05) is 24.2 Å². The van der Waals surface area contributed by atoms with E-state index in [-0.39, 0.29) is 18.2 Å². The van der Waals surface area contributed by atoms with E-state index in [1.807, 2.05) is 17.0 Å². The third kappa shape index (κ3) is 3.98. The molecule has 0 saturated carbocycles. The highest BCUT2D eigenvalue weighted by Gasteiger charge is 2.29. The number of nitrogens with zero attached hydrogens (tertiary/aromatic N) is 2. The van der Waals surface area contributed by atoms with E-state index in [2.05, 4.69) is 0 Å². The van der Waals surface area contributed by atoms with E-state index in [9.17, 15) is 20.3 Å². The van der Waals surface area contributed by atoms with Crippen molar-refractivity contribution in [3.8, 4) is 0 Å². The number of aliphatic hydroxyl groups is 2. The molecular formula is C19H21ClN2O4. The second kappa shape index (κ2) is 8.03. The maximum absolute atomic E-state index is 11.3. The molecule has 2 N–H and O–H groups in total. The van der Waals surface area contributed by atoms with Gasteiger partial charge in [0.15, 0.2) is 0 Å². The van der Waals surface area contributed by atoms with E-state index in [0.717, 1.165) is 18.4 Å². The van der Waals surface area contributed by atoms with E-state index in [1.54, 1.807) is 24.3 Å². The molecule has 1 atom stereocenters. The van der Waals surface area contributed by atoms with Gasteiger partial charge in [0.1, 0.15) is 5.69 Å². The maximum Gasteiger partial charge on any atom is 0.292 e. The van der Waals surface area contributed by atoms with Gasteiger partial charge in [0.2, 0.25) is 0 Å². The molecule has 0 spiro atoms. The Balaban J connectivity index is 1.72. The Labute approximate surface area is 156 Å². The predicted molar refractivity (Wildman–Crippen MR) is 100 cm³/mol. The van der Waals surface area contributed by atoms with Gasteiger partial charge in [-0.05, 0) is 54.2 Å². The number of nitro groups is 1. The van der Waals surface area contributed by atoms with Gasteiger partial charge in [0.25, 0.3) is 5.69 Å². The number of piperidine rings is 1. The molecule has 2 aromatic carbocycles. The average molecular weight is 377 g/mol. The average Bonchev–Trinajstić information content (AvgIpc) is 2.67. The van der Waals surface area contributed by atoms with Crippen LogP contribution in [0, 0.1) is 16.0 Å². The Morgan fingerprint density at radius 3 is 2.42 bits per heavy atom. The van der Waals surface area contributed by atoms with Crippen LogP contribution in [0.25, 0.3) is 0 Å². The summed E-state index contributed by atoms with van der Waals surface area (Å²) in [5.41, 5.74) is 2.05. The third-order valence-electron chi connectivity index (χ3n) is 4.96. The van der Waals surface area contributed by atoms with Crippen molar-refractivity contribution in [2.45, 2.75) is 25.6 Å². The molecule has 138 valence electrons. The van der Waals surface area contributed by atoms with E-state index >= 15 is 0 Å². The van der Waals surface area contributed by atoms with Crippen LogP contribution in [0.15, 0.2) is 42.5 Å². The Morgan fingerprint density at radius 2 is 1.85 bits per heavy atom. The van der Waals surface area contributed by atoms with Gasteiger partial charge in [-0.2, -0.15) is 0 Å². The molecule has 1 fully saturated rings. The van der Waals surface area contributed by atoms with Gasteiger partial charge < -0.3 is 15.1 Å². The van der Waals surface area contributed by atoms with Crippen LogP contribution >= 0.6 is 11.6 Å². The first-order valence-electron chi connectivity index (χ1n) is 8.56. The monoisotopic (exact) mass is 376 g/mol. The van der Waals surface area contributed by atoms with Crippen LogP contribution in [-0.4, -0.2) is 28.2 Å². The smallest absolute Gasteiger partial charge is 0.292 e. The minimum Gasteiger partial charge on any atom is -0.392 e. The van der Waals surface area contributed by atoms with Crippen molar-refractivity contribution in [1.29, 1.82) is 0 Å². The summed E-state index contributed by atoms with van der Waals surface area (Å²) in [6.07, 6.45) is 0.877. The highest BCUT2D eigenvalue weighted by Crippen LogP contribution is 2.36. The Kier molecular flexibility index (Phi) is 5.76. The second-order valence-corrected chi connectivity index (χ2v) is 7.00. The summed E-state index contributed by atoms with van der Waals surface area (Å²) in [4.78, 5) is 12.9. The van der Waals surface area contributed by atoms with Crippen LogP contribution in [0.5, 0.6) is 0 Å². The molecule has 0 bridgehead atoms. The Morgan fingerprint density at radius 1 is 1.19 bits per heavy atom. The predicted octanol–water partition coefficient (Wildman–Crippen LogP) is 3.69. The summed E-state index contributed by atoms with van der Waals surface area (Å²) in [7, 11) is 0. The zero-order chi connectivity index (χ0) is 18.7. The molecule has 1 heterocycles. The van der Waals surface area contributed by atoms with Crippen LogP contribution in [0.1, 0.15) is 30.1 Å². The third-order valence-corrected chi connectivity index (χ3v) is 5.21. The van der Waals surface area contributed by atoms with Gasteiger partial charge in [-0.25, -0.2) is 0 Å². The molecule has 2 aromatic rings. The summed E-state index contributed by atoms with van der Waals surface area (Å²) >= 11 is 5.89. The van der Waals surface area contributed by atoms with E-state index in [0.29, 0.717) is 29.4 Å². The van der Waals surface area contributed by atoms with Crippen LogP contribution in [0.4, 0.5) is 11.4 Å². The Bertz CT molecular complexity index is 774.